The number of amides is 2. The molecule has 1 aliphatic rings. The fraction of sp³-hybridized carbons (Fsp3) is 0.235. The first-order valence-corrected chi connectivity index (χ1v) is 9.33. The molecule has 6 nitrogen and oxygen atoms in total. The van der Waals surface area contributed by atoms with E-state index in [1.165, 1.54) is 11.3 Å². The van der Waals surface area contributed by atoms with Gasteiger partial charge in [-0.15, -0.1) is 11.3 Å². The lowest BCUT2D eigenvalue weighted by molar-refractivity contribution is -0.159. The molecule has 2 aromatic heterocycles. The summed E-state index contributed by atoms with van der Waals surface area (Å²) in [4.78, 5) is 19.0. The lowest BCUT2D eigenvalue weighted by Crippen LogP contribution is -2.38. The van der Waals surface area contributed by atoms with E-state index in [1.54, 1.807) is 35.2 Å². The maximum Gasteiger partial charge on any atom is 0.471 e. The minimum Gasteiger partial charge on any atom is -0.329 e. The van der Waals surface area contributed by atoms with Crippen LogP contribution >= 0.6 is 22.9 Å². The Morgan fingerprint density at radius 1 is 1.32 bits per heavy atom. The Kier molecular flexibility index (Phi) is 4.76. The van der Waals surface area contributed by atoms with Crippen molar-refractivity contribution < 1.29 is 22.5 Å². The molecule has 2 amide bonds. The lowest BCUT2D eigenvalue weighted by Gasteiger charge is -2.27. The van der Waals surface area contributed by atoms with Gasteiger partial charge in [0.05, 0.1) is 4.88 Å². The number of anilines is 1. The van der Waals surface area contributed by atoms with Gasteiger partial charge in [0.1, 0.15) is 0 Å². The molecule has 0 spiro atoms. The minimum absolute atomic E-state index is 0.110. The van der Waals surface area contributed by atoms with E-state index in [9.17, 15) is 18.0 Å². The molecular formula is C17H12ClF3N4O2S. The standard InChI is InChI=1S/C17H12ClF3N4O2S/c18-10-2-1-3-11(7-10)22-16(26)25-5-4-12-9(8-25)6-13(28-12)14-23-15(27-24-14)17(19,20)21/h1-3,6-7H,4-5,8H2,(H,22,26). The highest BCUT2D eigenvalue weighted by molar-refractivity contribution is 7.15. The van der Waals surface area contributed by atoms with Crippen molar-refractivity contribution in [1.29, 1.82) is 0 Å². The van der Waals surface area contributed by atoms with Crippen LogP contribution in [0.2, 0.25) is 5.02 Å². The Morgan fingerprint density at radius 2 is 2.14 bits per heavy atom. The Morgan fingerprint density at radius 3 is 2.86 bits per heavy atom. The number of halogens is 4. The first-order valence-electron chi connectivity index (χ1n) is 8.14. The van der Waals surface area contributed by atoms with Crippen molar-refractivity contribution in [2.75, 3.05) is 11.9 Å². The fourth-order valence-corrected chi connectivity index (χ4v) is 4.10. The van der Waals surface area contributed by atoms with E-state index in [4.69, 9.17) is 11.6 Å². The zero-order valence-electron chi connectivity index (χ0n) is 14.1. The molecule has 146 valence electrons. The molecule has 0 unspecified atom stereocenters. The number of carbonyl (C=O) groups is 1. The first kappa shape index (κ1) is 18.8. The van der Waals surface area contributed by atoms with Crippen molar-refractivity contribution in [3.05, 3.63) is 51.7 Å². The van der Waals surface area contributed by atoms with Gasteiger partial charge in [0.2, 0.25) is 5.82 Å². The number of hydrogen-bond acceptors (Lipinski definition) is 5. The van der Waals surface area contributed by atoms with Crippen LogP contribution in [0, 0.1) is 0 Å². The third-order valence-corrected chi connectivity index (χ3v) is 5.59. The summed E-state index contributed by atoms with van der Waals surface area (Å²) >= 11 is 7.22. The number of carbonyl (C=O) groups excluding carboxylic acids is 1. The Hall–Kier alpha value is -2.59. The van der Waals surface area contributed by atoms with E-state index >= 15 is 0 Å². The number of fused-ring (bicyclic) bond motifs is 1. The number of thiophene rings is 1. The summed E-state index contributed by atoms with van der Waals surface area (Å²) in [6, 6.07) is 8.24. The summed E-state index contributed by atoms with van der Waals surface area (Å²) in [6.45, 7) is 0.821. The van der Waals surface area contributed by atoms with Crippen molar-refractivity contribution in [2.45, 2.75) is 19.1 Å². The Balaban J connectivity index is 1.48. The highest BCUT2D eigenvalue weighted by atomic mass is 35.5. The number of nitrogens with zero attached hydrogens (tertiary/aromatic N) is 3. The van der Waals surface area contributed by atoms with Gasteiger partial charge in [0.15, 0.2) is 0 Å². The van der Waals surface area contributed by atoms with Crippen LogP contribution in [-0.4, -0.2) is 27.6 Å². The van der Waals surface area contributed by atoms with Gasteiger partial charge in [-0.25, -0.2) is 4.79 Å². The molecule has 28 heavy (non-hydrogen) atoms. The third-order valence-electron chi connectivity index (χ3n) is 4.12. The van der Waals surface area contributed by atoms with Gasteiger partial charge in [0.25, 0.3) is 0 Å². The van der Waals surface area contributed by atoms with Gasteiger partial charge in [-0.2, -0.15) is 18.2 Å². The van der Waals surface area contributed by atoms with Crippen LogP contribution in [0.5, 0.6) is 0 Å². The molecule has 1 aromatic carbocycles. The van der Waals surface area contributed by atoms with Gasteiger partial charge in [-0.05, 0) is 36.2 Å². The van der Waals surface area contributed by atoms with Crippen LogP contribution in [-0.2, 0) is 19.1 Å². The van der Waals surface area contributed by atoms with Crippen LogP contribution in [0.3, 0.4) is 0 Å². The first-order chi connectivity index (χ1) is 13.3. The predicted molar refractivity (Wildman–Crippen MR) is 97.2 cm³/mol. The Labute approximate surface area is 165 Å². The summed E-state index contributed by atoms with van der Waals surface area (Å²) in [6.07, 6.45) is -4.09. The SMILES string of the molecule is O=C(Nc1cccc(Cl)c1)N1CCc2sc(-c3noc(C(F)(F)F)n3)cc2C1. The molecule has 4 rings (SSSR count). The maximum atomic E-state index is 12.6. The fourth-order valence-electron chi connectivity index (χ4n) is 2.82. The topological polar surface area (TPSA) is 71.3 Å². The predicted octanol–water partition coefficient (Wildman–Crippen LogP) is 5.06. The number of benzene rings is 1. The molecule has 0 saturated carbocycles. The number of hydrogen-bond donors (Lipinski definition) is 1. The van der Waals surface area contributed by atoms with E-state index < -0.39 is 12.1 Å². The van der Waals surface area contributed by atoms with Crippen LogP contribution in [0.15, 0.2) is 34.9 Å². The summed E-state index contributed by atoms with van der Waals surface area (Å²) in [5, 5.41) is 6.71. The monoisotopic (exact) mass is 428 g/mol. The van der Waals surface area contributed by atoms with E-state index in [-0.39, 0.29) is 11.9 Å². The molecular weight excluding hydrogens is 417 g/mol. The molecule has 0 fully saturated rings. The third kappa shape index (κ3) is 3.83. The molecule has 1 N–H and O–H groups in total. The zero-order chi connectivity index (χ0) is 19.9. The molecule has 11 heteroatoms. The molecule has 3 aromatic rings. The molecule has 0 bridgehead atoms. The lowest BCUT2D eigenvalue weighted by atomic mass is 10.1. The van der Waals surface area contributed by atoms with Crippen LogP contribution in [0.4, 0.5) is 23.7 Å². The zero-order valence-corrected chi connectivity index (χ0v) is 15.7. The molecule has 0 saturated heterocycles. The van der Waals surface area contributed by atoms with Gasteiger partial charge in [0, 0.05) is 28.7 Å². The highest BCUT2D eigenvalue weighted by Crippen LogP contribution is 2.35. The van der Waals surface area contributed by atoms with Crippen molar-refractivity contribution in [1.82, 2.24) is 15.0 Å². The smallest absolute Gasteiger partial charge is 0.329 e. The number of urea groups is 1. The molecule has 0 radical (unpaired) electrons. The second-order valence-corrected chi connectivity index (χ2v) is 7.67. The Bertz CT molecular complexity index is 1030. The summed E-state index contributed by atoms with van der Waals surface area (Å²) in [5.41, 5.74) is 1.44. The maximum absolute atomic E-state index is 12.6. The van der Waals surface area contributed by atoms with Crippen LogP contribution < -0.4 is 5.32 Å². The van der Waals surface area contributed by atoms with E-state index in [2.05, 4.69) is 20.0 Å². The quantitative estimate of drug-likeness (QED) is 0.619. The van der Waals surface area contributed by atoms with Crippen molar-refractivity contribution in [3.8, 4) is 10.7 Å². The summed E-state index contributed by atoms with van der Waals surface area (Å²) in [7, 11) is 0. The van der Waals surface area contributed by atoms with Crippen molar-refractivity contribution in [3.63, 3.8) is 0 Å². The number of rotatable bonds is 2. The van der Waals surface area contributed by atoms with Gasteiger partial charge >= 0.3 is 18.1 Å². The number of alkyl halides is 3. The normalized spacial score (nSPS) is 14.1. The van der Waals surface area contributed by atoms with Gasteiger partial charge < -0.3 is 14.7 Å². The van der Waals surface area contributed by atoms with E-state index in [0.717, 1.165) is 10.4 Å². The average Bonchev–Trinajstić information content (AvgIpc) is 3.27. The van der Waals surface area contributed by atoms with Gasteiger partial charge in [-0.1, -0.05) is 22.8 Å². The van der Waals surface area contributed by atoms with Crippen molar-refractivity contribution >= 4 is 34.7 Å². The van der Waals surface area contributed by atoms with Crippen LogP contribution in [0.1, 0.15) is 16.3 Å². The molecule has 3 heterocycles. The minimum atomic E-state index is -4.68. The molecule has 0 atom stereocenters. The summed E-state index contributed by atoms with van der Waals surface area (Å²) < 4.78 is 42.2. The highest BCUT2D eigenvalue weighted by Gasteiger charge is 2.38. The van der Waals surface area contributed by atoms with E-state index in [1.807, 2.05) is 0 Å². The van der Waals surface area contributed by atoms with Crippen molar-refractivity contribution in [2.24, 2.45) is 0 Å². The van der Waals surface area contributed by atoms with Gasteiger partial charge in [-0.3, -0.25) is 0 Å². The summed E-state index contributed by atoms with van der Waals surface area (Å²) in [5.74, 6) is -1.49. The molecule has 0 aliphatic carbocycles. The number of aromatic nitrogens is 2. The second kappa shape index (κ2) is 7.10. The molecule has 1 aliphatic heterocycles. The van der Waals surface area contributed by atoms with Crippen LogP contribution in [0.25, 0.3) is 10.7 Å². The second-order valence-electron chi connectivity index (χ2n) is 6.09. The average molecular weight is 429 g/mol. The number of nitrogens with one attached hydrogen (secondary N) is 1. The largest absolute Gasteiger partial charge is 0.471 e. The van der Waals surface area contributed by atoms with E-state index in [0.29, 0.717) is 35.1 Å².